The van der Waals surface area contributed by atoms with Crippen LogP contribution >= 0.6 is 0 Å². The Hall–Kier alpha value is -2.10. The van der Waals surface area contributed by atoms with Crippen LogP contribution in [0.25, 0.3) is 0 Å². The number of ether oxygens (including phenoxy) is 2. The topological polar surface area (TPSA) is 52.6 Å². The molecule has 1 atom stereocenters. The van der Waals surface area contributed by atoms with Gasteiger partial charge >= 0.3 is 11.9 Å². The van der Waals surface area contributed by atoms with Gasteiger partial charge in [0, 0.05) is 12.0 Å². The minimum Gasteiger partial charge on any atom is -0.462 e. The first-order valence-electron chi connectivity index (χ1n) is 9.32. The van der Waals surface area contributed by atoms with Crippen LogP contribution < -0.4 is 0 Å². The zero-order valence-electron chi connectivity index (χ0n) is 16.7. The average Bonchev–Trinajstić information content (AvgIpc) is 2.58. The highest BCUT2D eigenvalue weighted by molar-refractivity contribution is 5.89. The predicted molar refractivity (Wildman–Crippen MR) is 104 cm³/mol. The SMILES string of the molecule is C=C(C)C(=O)OCCCOC(=O)c1ccc(C(CC(C)C)C(C)C)cc1. The van der Waals surface area contributed by atoms with E-state index in [1.807, 2.05) is 24.3 Å². The Morgan fingerprint density at radius 2 is 1.58 bits per heavy atom. The molecule has 0 aliphatic heterocycles. The number of hydrogen-bond acceptors (Lipinski definition) is 4. The van der Waals surface area contributed by atoms with Crippen LogP contribution in [-0.2, 0) is 14.3 Å². The van der Waals surface area contributed by atoms with Crippen molar-refractivity contribution in [2.24, 2.45) is 11.8 Å². The molecule has 0 aromatic heterocycles. The van der Waals surface area contributed by atoms with E-state index in [9.17, 15) is 9.59 Å². The molecule has 0 radical (unpaired) electrons. The van der Waals surface area contributed by atoms with E-state index in [1.54, 1.807) is 6.92 Å². The van der Waals surface area contributed by atoms with E-state index in [1.165, 1.54) is 5.56 Å². The molecule has 1 aromatic carbocycles. The van der Waals surface area contributed by atoms with Gasteiger partial charge in [0.25, 0.3) is 0 Å². The largest absolute Gasteiger partial charge is 0.462 e. The quantitative estimate of drug-likeness (QED) is 0.329. The van der Waals surface area contributed by atoms with Gasteiger partial charge in [-0.15, -0.1) is 0 Å². The fourth-order valence-electron chi connectivity index (χ4n) is 2.76. The molecule has 144 valence electrons. The maximum atomic E-state index is 12.1. The molecule has 4 nitrogen and oxygen atoms in total. The Kier molecular flexibility index (Phi) is 9.11. The summed E-state index contributed by atoms with van der Waals surface area (Å²) >= 11 is 0. The van der Waals surface area contributed by atoms with Crippen molar-refractivity contribution in [1.82, 2.24) is 0 Å². The first-order valence-corrected chi connectivity index (χ1v) is 9.32. The molecule has 0 aliphatic rings. The minimum absolute atomic E-state index is 0.211. The molecule has 0 N–H and O–H groups in total. The smallest absolute Gasteiger partial charge is 0.338 e. The molecule has 0 aliphatic carbocycles. The third kappa shape index (κ3) is 7.42. The number of hydrogen-bond donors (Lipinski definition) is 0. The second-order valence-corrected chi connectivity index (χ2v) is 7.51. The van der Waals surface area contributed by atoms with Crippen molar-refractivity contribution in [3.05, 3.63) is 47.5 Å². The maximum absolute atomic E-state index is 12.1. The number of carbonyl (C=O) groups is 2. The van der Waals surface area contributed by atoms with Crippen LogP contribution in [0.3, 0.4) is 0 Å². The monoisotopic (exact) mass is 360 g/mol. The van der Waals surface area contributed by atoms with Crippen LogP contribution in [0, 0.1) is 11.8 Å². The van der Waals surface area contributed by atoms with E-state index in [-0.39, 0.29) is 19.2 Å². The van der Waals surface area contributed by atoms with Gasteiger partial charge in [0.1, 0.15) is 0 Å². The van der Waals surface area contributed by atoms with E-state index in [0.29, 0.717) is 35.3 Å². The van der Waals surface area contributed by atoms with Gasteiger partial charge in [-0.05, 0) is 48.8 Å². The van der Waals surface area contributed by atoms with E-state index in [2.05, 4.69) is 34.3 Å². The van der Waals surface area contributed by atoms with E-state index in [0.717, 1.165) is 6.42 Å². The zero-order chi connectivity index (χ0) is 19.7. The average molecular weight is 360 g/mol. The van der Waals surface area contributed by atoms with E-state index >= 15 is 0 Å². The van der Waals surface area contributed by atoms with Gasteiger partial charge in [-0.1, -0.05) is 46.4 Å². The molecule has 0 spiro atoms. The highest BCUT2D eigenvalue weighted by atomic mass is 16.5. The van der Waals surface area contributed by atoms with Crippen LogP contribution in [0.5, 0.6) is 0 Å². The van der Waals surface area contributed by atoms with Crippen molar-refractivity contribution >= 4 is 11.9 Å². The van der Waals surface area contributed by atoms with Gasteiger partial charge in [0.2, 0.25) is 0 Å². The minimum atomic E-state index is -0.423. The van der Waals surface area contributed by atoms with Gasteiger partial charge < -0.3 is 9.47 Å². The van der Waals surface area contributed by atoms with Gasteiger partial charge in [-0.3, -0.25) is 0 Å². The summed E-state index contributed by atoms with van der Waals surface area (Å²) in [5, 5.41) is 0. The van der Waals surface area contributed by atoms with Crippen LogP contribution in [0.1, 0.15) is 69.3 Å². The third-order valence-electron chi connectivity index (χ3n) is 4.21. The van der Waals surface area contributed by atoms with Crippen molar-refractivity contribution in [3.8, 4) is 0 Å². The lowest BCUT2D eigenvalue weighted by Gasteiger charge is -2.23. The van der Waals surface area contributed by atoms with Crippen molar-refractivity contribution in [2.45, 2.75) is 53.4 Å². The third-order valence-corrected chi connectivity index (χ3v) is 4.21. The highest BCUT2D eigenvalue weighted by Crippen LogP contribution is 2.31. The normalized spacial score (nSPS) is 12.1. The molecule has 1 aromatic rings. The second-order valence-electron chi connectivity index (χ2n) is 7.51. The first kappa shape index (κ1) is 21.9. The van der Waals surface area contributed by atoms with Gasteiger partial charge in [0.05, 0.1) is 18.8 Å². The van der Waals surface area contributed by atoms with Gasteiger partial charge in [0.15, 0.2) is 0 Å². The Labute approximate surface area is 157 Å². The number of rotatable bonds is 10. The Morgan fingerprint density at radius 1 is 1.00 bits per heavy atom. The molecular weight excluding hydrogens is 328 g/mol. The first-order chi connectivity index (χ1) is 12.2. The Balaban J connectivity index is 2.50. The lowest BCUT2D eigenvalue weighted by molar-refractivity contribution is -0.139. The summed E-state index contributed by atoms with van der Waals surface area (Å²) in [5.74, 6) is 0.895. The Bertz CT molecular complexity index is 599. The summed E-state index contributed by atoms with van der Waals surface area (Å²) in [4.78, 5) is 23.3. The molecule has 4 heteroatoms. The molecule has 1 rings (SSSR count). The van der Waals surface area contributed by atoms with E-state index in [4.69, 9.17) is 9.47 Å². The predicted octanol–water partition coefficient (Wildman–Crippen LogP) is 5.14. The molecular formula is C22H32O4. The van der Waals surface area contributed by atoms with E-state index < -0.39 is 5.97 Å². The van der Waals surface area contributed by atoms with Crippen molar-refractivity contribution in [3.63, 3.8) is 0 Å². The molecule has 0 heterocycles. The highest BCUT2D eigenvalue weighted by Gasteiger charge is 2.18. The van der Waals surface area contributed by atoms with Crippen molar-refractivity contribution in [1.29, 1.82) is 0 Å². The molecule has 0 saturated carbocycles. The molecule has 0 fully saturated rings. The Morgan fingerprint density at radius 3 is 2.08 bits per heavy atom. The zero-order valence-corrected chi connectivity index (χ0v) is 16.7. The van der Waals surface area contributed by atoms with Crippen LogP contribution in [0.2, 0.25) is 0 Å². The van der Waals surface area contributed by atoms with Crippen molar-refractivity contribution in [2.75, 3.05) is 13.2 Å². The van der Waals surface area contributed by atoms with Gasteiger partial charge in [-0.2, -0.15) is 0 Å². The lowest BCUT2D eigenvalue weighted by Crippen LogP contribution is -2.12. The molecule has 26 heavy (non-hydrogen) atoms. The van der Waals surface area contributed by atoms with Crippen LogP contribution in [0.15, 0.2) is 36.4 Å². The fourth-order valence-corrected chi connectivity index (χ4v) is 2.76. The second kappa shape index (κ2) is 10.8. The van der Waals surface area contributed by atoms with Crippen LogP contribution in [-0.4, -0.2) is 25.2 Å². The van der Waals surface area contributed by atoms with Crippen molar-refractivity contribution < 1.29 is 19.1 Å². The lowest BCUT2D eigenvalue weighted by atomic mass is 9.82. The summed E-state index contributed by atoms with van der Waals surface area (Å²) in [6, 6.07) is 7.71. The summed E-state index contributed by atoms with van der Waals surface area (Å²) in [6.45, 7) is 14.5. The summed E-state index contributed by atoms with van der Waals surface area (Å²) in [5.41, 5.74) is 2.16. The molecule has 0 amide bonds. The van der Waals surface area contributed by atoms with Crippen LogP contribution in [0.4, 0.5) is 0 Å². The standard InChI is InChI=1S/C22H32O4/c1-15(2)14-20(16(3)4)18-8-10-19(11-9-18)22(24)26-13-7-12-25-21(23)17(5)6/h8-11,15-16,20H,5,7,12-14H2,1-4,6H3. The summed E-state index contributed by atoms with van der Waals surface area (Å²) in [6.07, 6.45) is 1.59. The fraction of sp³-hybridized carbons (Fsp3) is 0.545. The molecule has 0 saturated heterocycles. The number of carbonyl (C=O) groups excluding carboxylic acids is 2. The number of benzene rings is 1. The molecule has 0 bridgehead atoms. The number of esters is 2. The summed E-state index contributed by atoms with van der Waals surface area (Å²) in [7, 11) is 0. The maximum Gasteiger partial charge on any atom is 0.338 e. The van der Waals surface area contributed by atoms with Gasteiger partial charge in [-0.25, -0.2) is 9.59 Å². The molecule has 1 unspecified atom stereocenters. The summed E-state index contributed by atoms with van der Waals surface area (Å²) < 4.78 is 10.2.